The molecule has 22 heavy (non-hydrogen) atoms. The zero-order valence-corrected chi connectivity index (χ0v) is 16.2. The number of rotatable bonds is 2. The maximum Gasteiger partial charge on any atom is 0.0606 e. The summed E-state index contributed by atoms with van der Waals surface area (Å²) < 4.78 is 5.90. The molecule has 0 atom stereocenters. The topological polar surface area (TPSA) is 15.7 Å². The van der Waals surface area contributed by atoms with Crippen LogP contribution < -0.4 is 0 Å². The highest BCUT2D eigenvalue weighted by atomic mass is 16.5. The number of hydrogen-bond acceptors (Lipinski definition) is 3. The lowest BCUT2D eigenvalue weighted by molar-refractivity contribution is -0.0800. The molecule has 2 rings (SSSR count). The van der Waals surface area contributed by atoms with E-state index in [0.29, 0.717) is 11.5 Å². The minimum Gasteiger partial charge on any atom is -0.373 e. The summed E-state index contributed by atoms with van der Waals surface area (Å²) >= 11 is 0. The lowest BCUT2D eigenvalue weighted by Crippen LogP contribution is -2.37. The van der Waals surface area contributed by atoms with Crippen molar-refractivity contribution in [2.24, 2.45) is 5.41 Å². The van der Waals surface area contributed by atoms with Crippen molar-refractivity contribution >= 4 is 0 Å². The van der Waals surface area contributed by atoms with Gasteiger partial charge in [0.25, 0.3) is 0 Å². The van der Waals surface area contributed by atoms with Crippen LogP contribution in [0.5, 0.6) is 0 Å². The van der Waals surface area contributed by atoms with Gasteiger partial charge < -0.3 is 14.5 Å². The Labute approximate surface area is 139 Å². The van der Waals surface area contributed by atoms with Crippen molar-refractivity contribution in [1.29, 1.82) is 0 Å². The summed E-state index contributed by atoms with van der Waals surface area (Å²) in [7, 11) is 2.17. The van der Waals surface area contributed by atoms with Gasteiger partial charge in [-0.15, -0.1) is 0 Å². The summed E-state index contributed by atoms with van der Waals surface area (Å²) in [5.41, 5.74) is 0.519. The highest BCUT2D eigenvalue weighted by Crippen LogP contribution is 2.19. The van der Waals surface area contributed by atoms with E-state index >= 15 is 0 Å². The van der Waals surface area contributed by atoms with Gasteiger partial charge >= 0.3 is 0 Å². The monoisotopic (exact) mass is 312 g/mol. The largest absolute Gasteiger partial charge is 0.373 e. The van der Waals surface area contributed by atoms with Gasteiger partial charge in [0, 0.05) is 19.6 Å². The molecule has 132 valence electrons. The van der Waals surface area contributed by atoms with E-state index in [1.54, 1.807) is 0 Å². The van der Waals surface area contributed by atoms with Gasteiger partial charge in [0.2, 0.25) is 0 Å². The van der Waals surface area contributed by atoms with Gasteiger partial charge in [-0.2, -0.15) is 0 Å². The number of nitrogens with zero attached hydrogens (tertiary/aromatic N) is 2. The standard InChI is InChI=1S/C10H21NO.C9H19N/c1-10(2,3)12-9-5-7-11(4)8-6-9;1-9(2,3)8-10-6-4-5-7-10/h9H,5-8H2,1-4H3;4-8H2,1-3H3. The van der Waals surface area contributed by atoms with Gasteiger partial charge in [0.1, 0.15) is 0 Å². The van der Waals surface area contributed by atoms with E-state index in [1.165, 1.54) is 58.4 Å². The van der Waals surface area contributed by atoms with Crippen molar-refractivity contribution < 1.29 is 4.74 Å². The van der Waals surface area contributed by atoms with Crippen molar-refractivity contribution in [3.8, 4) is 0 Å². The molecule has 0 amide bonds. The summed E-state index contributed by atoms with van der Waals surface area (Å²) in [6, 6.07) is 0. The van der Waals surface area contributed by atoms with Crippen LogP contribution >= 0.6 is 0 Å². The van der Waals surface area contributed by atoms with Crippen molar-refractivity contribution in [3.63, 3.8) is 0 Å². The molecule has 0 aromatic carbocycles. The van der Waals surface area contributed by atoms with Gasteiger partial charge in [0.05, 0.1) is 11.7 Å². The maximum atomic E-state index is 5.90. The number of ether oxygens (including phenoxy) is 1. The number of likely N-dealkylation sites (tertiary alicyclic amines) is 2. The Balaban J connectivity index is 0.000000224. The molecule has 0 N–H and O–H groups in total. The molecule has 3 heteroatoms. The Morgan fingerprint density at radius 2 is 1.36 bits per heavy atom. The molecule has 0 aliphatic carbocycles. The third-order valence-electron chi connectivity index (χ3n) is 4.08. The molecule has 0 saturated carbocycles. The minimum absolute atomic E-state index is 0.0284. The number of piperidine rings is 1. The van der Waals surface area contributed by atoms with Crippen LogP contribution in [0.2, 0.25) is 0 Å². The Hall–Kier alpha value is -0.120. The molecule has 0 unspecified atom stereocenters. The van der Waals surface area contributed by atoms with E-state index in [1.807, 2.05) is 0 Å². The van der Waals surface area contributed by atoms with E-state index < -0.39 is 0 Å². The first kappa shape index (κ1) is 19.9. The third-order valence-corrected chi connectivity index (χ3v) is 4.08. The molecule has 2 fully saturated rings. The first-order chi connectivity index (χ1) is 10.1. The third kappa shape index (κ3) is 9.81. The fourth-order valence-corrected chi connectivity index (χ4v) is 3.21. The highest BCUT2D eigenvalue weighted by molar-refractivity contribution is 4.74. The van der Waals surface area contributed by atoms with Crippen LogP contribution in [0.1, 0.15) is 67.2 Å². The molecule has 2 aliphatic heterocycles. The van der Waals surface area contributed by atoms with Crippen LogP contribution in [0.4, 0.5) is 0 Å². The Bertz CT molecular complexity index is 290. The Morgan fingerprint density at radius 1 is 0.864 bits per heavy atom. The second-order valence-corrected chi connectivity index (χ2v) is 9.28. The molecule has 0 spiro atoms. The van der Waals surface area contributed by atoms with E-state index in [4.69, 9.17) is 4.74 Å². The van der Waals surface area contributed by atoms with Gasteiger partial charge in [-0.3, -0.25) is 0 Å². The summed E-state index contributed by atoms with van der Waals surface area (Å²) in [5, 5.41) is 0. The summed E-state index contributed by atoms with van der Waals surface area (Å²) in [6.45, 7) is 19.6. The van der Waals surface area contributed by atoms with E-state index in [0.717, 1.165) is 0 Å². The molecule has 3 nitrogen and oxygen atoms in total. The van der Waals surface area contributed by atoms with Crippen LogP contribution in [0.15, 0.2) is 0 Å². The van der Waals surface area contributed by atoms with E-state index in [-0.39, 0.29) is 5.60 Å². The smallest absolute Gasteiger partial charge is 0.0606 e. The van der Waals surface area contributed by atoms with Crippen molar-refractivity contribution in [1.82, 2.24) is 9.80 Å². The van der Waals surface area contributed by atoms with Gasteiger partial charge in [0.15, 0.2) is 0 Å². The molecule has 0 bridgehead atoms. The van der Waals surface area contributed by atoms with Crippen LogP contribution in [-0.4, -0.2) is 61.3 Å². The maximum absolute atomic E-state index is 5.90. The first-order valence-electron chi connectivity index (χ1n) is 9.14. The summed E-state index contributed by atoms with van der Waals surface area (Å²) in [6.07, 6.45) is 5.69. The Kier molecular flexibility index (Phi) is 7.84. The lowest BCUT2D eigenvalue weighted by Gasteiger charge is -2.33. The lowest BCUT2D eigenvalue weighted by atomic mass is 9.96. The molecule has 0 aromatic rings. The van der Waals surface area contributed by atoms with E-state index in [9.17, 15) is 0 Å². The first-order valence-corrected chi connectivity index (χ1v) is 9.14. The number of hydrogen-bond donors (Lipinski definition) is 0. The fraction of sp³-hybridized carbons (Fsp3) is 1.00. The molecule has 2 heterocycles. The van der Waals surface area contributed by atoms with Crippen LogP contribution in [0, 0.1) is 5.41 Å². The van der Waals surface area contributed by atoms with Crippen LogP contribution in [0.25, 0.3) is 0 Å². The summed E-state index contributed by atoms with van der Waals surface area (Å²) in [5.74, 6) is 0. The highest BCUT2D eigenvalue weighted by Gasteiger charge is 2.22. The minimum atomic E-state index is 0.0284. The zero-order valence-electron chi connectivity index (χ0n) is 16.2. The second kappa shape index (κ2) is 8.65. The summed E-state index contributed by atoms with van der Waals surface area (Å²) in [4.78, 5) is 4.93. The molecule has 0 radical (unpaired) electrons. The van der Waals surface area contributed by atoms with Crippen LogP contribution in [-0.2, 0) is 4.74 Å². The molecule has 2 saturated heterocycles. The Morgan fingerprint density at radius 3 is 1.77 bits per heavy atom. The van der Waals surface area contributed by atoms with Gasteiger partial charge in [-0.1, -0.05) is 20.8 Å². The van der Waals surface area contributed by atoms with Crippen molar-refractivity contribution in [3.05, 3.63) is 0 Å². The average molecular weight is 313 g/mol. The van der Waals surface area contributed by atoms with Gasteiger partial charge in [-0.05, 0) is 72.0 Å². The molecule has 2 aliphatic rings. The predicted molar refractivity (Wildman–Crippen MR) is 96.5 cm³/mol. The zero-order chi connectivity index (χ0) is 16.8. The van der Waals surface area contributed by atoms with Crippen molar-refractivity contribution in [2.75, 3.05) is 39.8 Å². The van der Waals surface area contributed by atoms with Crippen molar-refractivity contribution in [2.45, 2.75) is 78.9 Å². The molecular weight excluding hydrogens is 272 g/mol. The SMILES string of the molecule is CC(C)(C)CN1CCCC1.CN1CCC(OC(C)(C)C)CC1. The predicted octanol–water partition coefficient (Wildman–Crippen LogP) is 4.02. The average Bonchev–Trinajstić information content (AvgIpc) is 2.81. The van der Waals surface area contributed by atoms with Crippen LogP contribution in [0.3, 0.4) is 0 Å². The quantitative estimate of drug-likeness (QED) is 0.766. The molecular formula is C19H40N2O. The van der Waals surface area contributed by atoms with E-state index in [2.05, 4.69) is 58.4 Å². The van der Waals surface area contributed by atoms with Gasteiger partial charge in [-0.25, -0.2) is 0 Å². The normalized spacial score (nSPS) is 22.5. The second-order valence-electron chi connectivity index (χ2n) is 9.28. The molecule has 0 aromatic heterocycles. The fourth-order valence-electron chi connectivity index (χ4n) is 3.21.